The molecule has 1 amide bonds. The van der Waals surface area contributed by atoms with Crippen molar-refractivity contribution in [3.8, 4) is 5.75 Å². The molecule has 0 aliphatic carbocycles. The van der Waals surface area contributed by atoms with E-state index in [1.54, 1.807) is 30.5 Å². The molecule has 1 saturated heterocycles. The SMILES string of the molecule is CCOc1ccc(C=NNC(=O)Cc2ccc(Cl)cc2Cl)cc1C[NH+]1CC2CC(C1)c1cccc(=O)n1C2. The third-order valence-electron chi connectivity index (χ3n) is 7.27. The second kappa shape index (κ2) is 11.7. The zero-order valence-corrected chi connectivity index (χ0v) is 22.8. The summed E-state index contributed by atoms with van der Waals surface area (Å²) in [5.74, 6) is 1.48. The van der Waals surface area contributed by atoms with Gasteiger partial charge in [-0.25, -0.2) is 5.43 Å². The second-order valence-electron chi connectivity index (χ2n) is 10.0. The second-order valence-corrected chi connectivity index (χ2v) is 10.9. The van der Waals surface area contributed by atoms with E-state index in [0.717, 1.165) is 55.2 Å². The van der Waals surface area contributed by atoms with Crippen molar-refractivity contribution in [2.24, 2.45) is 11.0 Å². The molecule has 3 heterocycles. The van der Waals surface area contributed by atoms with E-state index in [2.05, 4.69) is 22.7 Å². The Hall–Kier alpha value is -3.13. The van der Waals surface area contributed by atoms with Gasteiger partial charge in [0.2, 0.25) is 5.91 Å². The minimum atomic E-state index is -0.264. The number of aromatic nitrogens is 1. The highest BCUT2D eigenvalue weighted by atomic mass is 35.5. The summed E-state index contributed by atoms with van der Waals surface area (Å²) >= 11 is 12.1. The van der Waals surface area contributed by atoms with Crippen LogP contribution < -0.4 is 20.6 Å². The zero-order chi connectivity index (χ0) is 26.6. The monoisotopic (exact) mass is 553 g/mol. The van der Waals surface area contributed by atoms with Crippen LogP contribution in [-0.4, -0.2) is 36.4 Å². The topological polar surface area (TPSA) is 77.1 Å². The number of likely N-dealkylation sites (tertiary alicyclic amines) is 1. The lowest BCUT2D eigenvalue weighted by molar-refractivity contribution is -0.924. The Morgan fingerprint density at radius 2 is 2.03 bits per heavy atom. The van der Waals surface area contributed by atoms with E-state index in [9.17, 15) is 9.59 Å². The Labute approximate surface area is 232 Å². The highest BCUT2D eigenvalue weighted by Crippen LogP contribution is 2.30. The van der Waals surface area contributed by atoms with Crippen LogP contribution >= 0.6 is 23.2 Å². The van der Waals surface area contributed by atoms with E-state index < -0.39 is 0 Å². The minimum Gasteiger partial charge on any atom is -0.493 e. The molecule has 2 aromatic carbocycles. The first-order chi connectivity index (χ1) is 18.4. The first-order valence-corrected chi connectivity index (χ1v) is 13.7. The van der Waals surface area contributed by atoms with Crippen LogP contribution in [0.5, 0.6) is 5.75 Å². The number of hydrazone groups is 1. The van der Waals surface area contributed by atoms with Gasteiger partial charge in [0.15, 0.2) is 0 Å². The summed E-state index contributed by atoms with van der Waals surface area (Å²) < 4.78 is 7.90. The lowest BCUT2D eigenvalue weighted by atomic mass is 9.83. The summed E-state index contributed by atoms with van der Waals surface area (Å²) in [6.45, 7) is 6.18. The van der Waals surface area contributed by atoms with E-state index in [0.29, 0.717) is 34.1 Å². The number of hydrogen-bond acceptors (Lipinski definition) is 4. The van der Waals surface area contributed by atoms with Crippen molar-refractivity contribution < 1.29 is 14.4 Å². The number of nitrogens with one attached hydrogen (secondary N) is 2. The molecular weight excluding hydrogens is 523 g/mol. The third-order valence-corrected chi connectivity index (χ3v) is 7.85. The first-order valence-electron chi connectivity index (χ1n) is 12.9. The van der Waals surface area contributed by atoms with Crippen molar-refractivity contribution >= 4 is 35.3 Å². The number of carbonyl (C=O) groups excluding carboxylic acids is 1. The van der Waals surface area contributed by atoms with Crippen molar-refractivity contribution in [1.82, 2.24) is 9.99 Å². The van der Waals surface area contributed by atoms with Crippen LogP contribution in [0.1, 0.15) is 41.6 Å². The van der Waals surface area contributed by atoms with Crippen LogP contribution in [-0.2, 0) is 24.3 Å². The van der Waals surface area contributed by atoms with Gasteiger partial charge in [0, 0.05) is 45.7 Å². The van der Waals surface area contributed by atoms with Gasteiger partial charge in [-0.1, -0.05) is 35.3 Å². The molecule has 1 fully saturated rings. The zero-order valence-electron chi connectivity index (χ0n) is 21.3. The maximum Gasteiger partial charge on any atom is 0.250 e. The number of fused-ring (bicyclic) bond motifs is 4. The standard InChI is InChI=1S/C29H30Cl2N4O3/c1-2-38-27-9-6-19(14-32-33-28(36)12-21-7-8-24(30)13-25(21)31)10-23(27)18-34-15-20-11-22(17-34)26-4-3-5-29(37)35(26)16-20/h3-10,13-14,20,22H,2,11-12,15-18H2,1H3,(H,33,36)/p+1. The predicted molar refractivity (Wildman–Crippen MR) is 149 cm³/mol. The summed E-state index contributed by atoms with van der Waals surface area (Å²) in [6, 6.07) is 16.7. The van der Waals surface area contributed by atoms with Crippen LogP contribution in [0.2, 0.25) is 10.0 Å². The highest BCUT2D eigenvalue weighted by Gasteiger charge is 2.37. The quantitative estimate of drug-likeness (QED) is 0.331. The van der Waals surface area contributed by atoms with E-state index in [1.165, 1.54) is 4.90 Å². The number of halogens is 2. The maximum absolute atomic E-state index is 12.4. The van der Waals surface area contributed by atoms with Gasteiger partial charge in [0.25, 0.3) is 5.56 Å². The van der Waals surface area contributed by atoms with Gasteiger partial charge in [-0.3, -0.25) is 9.59 Å². The molecule has 5 rings (SSSR count). The van der Waals surface area contributed by atoms with Crippen LogP contribution in [0, 0.1) is 5.92 Å². The molecule has 0 radical (unpaired) electrons. The van der Waals surface area contributed by atoms with Gasteiger partial charge in [0.1, 0.15) is 12.3 Å². The molecule has 3 unspecified atom stereocenters. The fourth-order valence-corrected chi connectivity index (χ4v) is 6.18. The average molecular weight is 554 g/mol. The highest BCUT2D eigenvalue weighted by molar-refractivity contribution is 6.35. The molecule has 1 aromatic heterocycles. The van der Waals surface area contributed by atoms with Crippen LogP contribution in [0.15, 0.2) is 64.5 Å². The number of nitrogens with zero attached hydrogens (tertiary/aromatic N) is 2. The van der Waals surface area contributed by atoms with Gasteiger partial charge in [-0.05, 0) is 60.9 Å². The summed E-state index contributed by atoms with van der Waals surface area (Å²) in [5, 5.41) is 5.13. The molecule has 7 nitrogen and oxygen atoms in total. The van der Waals surface area contributed by atoms with Crippen LogP contribution in [0.3, 0.4) is 0 Å². The van der Waals surface area contributed by atoms with Gasteiger partial charge in [-0.15, -0.1) is 0 Å². The van der Waals surface area contributed by atoms with Crippen molar-refractivity contribution in [2.45, 2.75) is 38.8 Å². The van der Waals surface area contributed by atoms with E-state index in [1.807, 2.05) is 29.7 Å². The average Bonchev–Trinajstić information content (AvgIpc) is 2.88. The Kier molecular flexibility index (Phi) is 8.17. The van der Waals surface area contributed by atoms with E-state index in [-0.39, 0.29) is 17.9 Å². The lowest BCUT2D eigenvalue weighted by Crippen LogP contribution is -3.13. The number of carbonyl (C=O) groups is 1. The molecule has 2 aliphatic rings. The molecule has 9 heteroatoms. The Bertz CT molecular complexity index is 1420. The van der Waals surface area contributed by atoms with Gasteiger partial charge in [-0.2, -0.15) is 5.10 Å². The summed E-state index contributed by atoms with van der Waals surface area (Å²) in [4.78, 5) is 26.2. The normalized spacial score (nSPS) is 20.2. The molecule has 0 saturated carbocycles. The summed E-state index contributed by atoms with van der Waals surface area (Å²) in [5.41, 5.74) is 6.52. The van der Waals surface area contributed by atoms with Crippen molar-refractivity contribution in [3.63, 3.8) is 0 Å². The fourth-order valence-electron chi connectivity index (χ4n) is 5.70. The van der Waals surface area contributed by atoms with Crippen LogP contribution in [0.25, 0.3) is 0 Å². The first kappa shape index (κ1) is 26.5. The number of hydrogen-bond donors (Lipinski definition) is 2. The molecule has 3 atom stereocenters. The van der Waals surface area contributed by atoms with Crippen LogP contribution in [0.4, 0.5) is 0 Å². The molecule has 0 spiro atoms. The summed E-state index contributed by atoms with van der Waals surface area (Å²) in [7, 11) is 0. The predicted octanol–water partition coefficient (Wildman–Crippen LogP) is 3.45. The molecule has 3 aromatic rings. The minimum absolute atomic E-state index is 0.106. The Morgan fingerprint density at radius 3 is 2.84 bits per heavy atom. The Balaban J connectivity index is 1.26. The lowest BCUT2D eigenvalue weighted by Gasteiger charge is -2.40. The Morgan fingerprint density at radius 1 is 1.16 bits per heavy atom. The van der Waals surface area contributed by atoms with E-state index >= 15 is 0 Å². The van der Waals surface area contributed by atoms with Crippen molar-refractivity contribution in [2.75, 3.05) is 19.7 Å². The molecule has 2 aliphatic heterocycles. The number of rotatable bonds is 8. The van der Waals surface area contributed by atoms with Gasteiger partial charge < -0.3 is 14.2 Å². The summed E-state index contributed by atoms with van der Waals surface area (Å²) in [6.07, 6.45) is 2.89. The number of amides is 1. The molecule has 2 N–H and O–H groups in total. The molecular formula is C29H31Cl2N4O3+. The van der Waals surface area contributed by atoms with Gasteiger partial charge in [0.05, 0.1) is 32.3 Å². The number of ether oxygens (including phenoxy) is 1. The number of pyridine rings is 1. The number of benzene rings is 2. The third kappa shape index (κ3) is 6.12. The van der Waals surface area contributed by atoms with E-state index in [4.69, 9.17) is 27.9 Å². The fraction of sp³-hybridized carbons (Fsp3) is 0.345. The van der Waals surface area contributed by atoms with Gasteiger partial charge >= 0.3 is 0 Å². The smallest absolute Gasteiger partial charge is 0.250 e. The number of piperidine rings is 1. The van der Waals surface area contributed by atoms with Crippen molar-refractivity contribution in [1.29, 1.82) is 0 Å². The number of quaternary nitrogens is 1. The van der Waals surface area contributed by atoms with Crippen molar-refractivity contribution in [3.05, 3.63) is 97.4 Å². The molecule has 2 bridgehead atoms. The largest absolute Gasteiger partial charge is 0.493 e. The maximum atomic E-state index is 12.4. The molecule has 38 heavy (non-hydrogen) atoms. The molecule has 198 valence electrons.